The van der Waals surface area contributed by atoms with Crippen molar-refractivity contribution in [2.24, 2.45) is 0 Å². The van der Waals surface area contributed by atoms with E-state index in [4.69, 9.17) is 16.9 Å². The number of benzene rings is 1. The van der Waals surface area contributed by atoms with Crippen molar-refractivity contribution in [2.45, 2.75) is 20.8 Å². The van der Waals surface area contributed by atoms with E-state index < -0.39 is 0 Å². The summed E-state index contributed by atoms with van der Waals surface area (Å²) in [6.07, 6.45) is 0. The molecule has 0 aliphatic rings. The molecule has 2 nitrogen and oxygen atoms in total. The summed E-state index contributed by atoms with van der Waals surface area (Å²) in [6, 6.07) is 6.21. The summed E-state index contributed by atoms with van der Waals surface area (Å²) in [7, 11) is 0. The van der Waals surface area contributed by atoms with E-state index >= 15 is 0 Å². The molecule has 0 unspecified atom stereocenters. The van der Waals surface area contributed by atoms with Crippen molar-refractivity contribution >= 4 is 22.5 Å². The summed E-state index contributed by atoms with van der Waals surface area (Å²) in [4.78, 5) is 4.29. The topological polar surface area (TPSA) is 36.7 Å². The number of halogens is 1. The molecule has 1 heterocycles. The number of aryl methyl sites for hydroxylation is 3. The average molecular weight is 231 g/mol. The maximum absolute atomic E-state index is 9.02. The molecule has 3 heteroatoms. The molecule has 0 N–H and O–H groups in total. The quantitative estimate of drug-likeness (QED) is 0.648. The molecule has 2 aromatic rings. The first-order valence-electron chi connectivity index (χ1n) is 5.01. The Balaban J connectivity index is 3.00. The van der Waals surface area contributed by atoms with Gasteiger partial charge in [-0.1, -0.05) is 23.2 Å². The van der Waals surface area contributed by atoms with E-state index in [0.29, 0.717) is 10.7 Å². The summed E-state index contributed by atoms with van der Waals surface area (Å²) in [5, 5.41) is 10.3. The Morgan fingerprint density at radius 3 is 2.56 bits per heavy atom. The van der Waals surface area contributed by atoms with Crippen molar-refractivity contribution in [2.75, 3.05) is 0 Å². The summed E-state index contributed by atoms with van der Waals surface area (Å²) >= 11 is 5.99. The normalized spacial score (nSPS) is 10.4. The maximum Gasteiger partial charge on any atom is 0.147 e. The highest BCUT2D eigenvalue weighted by Gasteiger charge is 2.11. The van der Waals surface area contributed by atoms with Gasteiger partial charge in [0, 0.05) is 5.39 Å². The predicted octanol–water partition coefficient (Wildman–Crippen LogP) is 3.69. The molecule has 0 atom stereocenters. The van der Waals surface area contributed by atoms with Gasteiger partial charge in [0.25, 0.3) is 0 Å². The molecule has 0 spiro atoms. The van der Waals surface area contributed by atoms with Crippen LogP contribution in [-0.4, -0.2) is 4.98 Å². The van der Waals surface area contributed by atoms with Gasteiger partial charge in [-0.05, 0) is 38.0 Å². The molecule has 80 valence electrons. The third kappa shape index (κ3) is 1.54. The molecule has 0 aliphatic heterocycles. The van der Waals surface area contributed by atoms with Gasteiger partial charge >= 0.3 is 0 Å². The first kappa shape index (κ1) is 10.9. The lowest BCUT2D eigenvalue weighted by Gasteiger charge is -2.09. The van der Waals surface area contributed by atoms with Gasteiger partial charge in [-0.25, -0.2) is 4.98 Å². The fourth-order valence-electron chi connectivity index (χ4n) is 1.97. The molecule has 0 fully saturated rings. The third-order valence-electron chi connectivity index (χ3n) is 2.75. The number of hydrogen-bond donors (Lipinski definition) is 0. The smallest absolute Gasteiger partial charge is 0.147 e. The molecule has 0 saturated heterocycles. The third-order valence-corrected chi connectivity index (χ3v) is 3.03. The summed E-state index contributed by atoms with van der Waals surface area (Å²) < 4.78 is 0. The molecule has 1 aromatic carbocycles. The van der Waals surface area contributed by atoms with Crippen LogP contribution >= 0.6 is 11.6 Å². The minimum Gasteiger partial charge on any atom is -0.234 e. The van der Waals surface area contributed by atoms with Crippen LogP contribution in [0, 0.1) is 32.1 Å². The van der Waals surface area contributed by atoms with Gasteiger partial charge in [0.15, 0.2) is 0 Å². The zero-order valence-corrected chi connectivity index (χ0v) is 10.2. The van der Waals surface area contributed by atoms with Crippen molar-refractivity contribution in [3.8, 4) is 6.07 Å². The molecule has 0 amide bonds. The van der Waals surface area contributed by atoms with Crippen molar-refractivity contribution in [3.63, 3.8) is 0 Å². The van der Waals surface area contributed by atoms with Crippen LogP contribution in [-0.2, 0) is 0 Å². The number of aromatic nitrogens is 1. The van der Waals surface area contributed by atoms with Crippen LogP contribution in [0.5, 0.6) is 0 Å². The van der Waals surface area contributed by atoms with E-state index in [1.807, 2.05) is 26.8 Å². The van der Waals surface area contributed by atoms with E-state index in [0.717, 1.165) is 22.0 Å². The Bertz CT molecular complexity index is 624. The highest BCUT2D eigenvalue weighted by atomic mass is 35.5. The summed E-state index contributed by atoms with van der Waals surface area (Å²) in [5.74, 6) is 0. The fourth-order valence-corrected chi connectivity index (χ4v) is 2.24. The van der Waals surface area contributed by atoms with E-state index in [1.54, 1.807) is 0 Å². The number of fused-ring (bicyclic) bond motifs is 1. The van der Waals surface area contributed by atoms with Crippen LogP contribution in [0.1, 0.15) is 22.3 Å². The van der Waals surface area contributed by atoms with Crippen molar-refractivity contribution in [1.82, 2.24) is 4.98 Å². The lowest BCUT2D eigenvalue weighted by Crippen LogP contribution is -1.94. The molecule has 0 saturated carbocycles. The van der Waals surface area contributed by atoms with E-state index in [2.05, 4.69) is 17.1 Å². The Morgan fingerprint density at radius 1 is 1.25 bits per heavy atom. The second-order valence-corrected chi connectivity index (χ2v) is 4.35. The maximum atomic E-state index is 9.02. The second-order valence-electron chi connectivity index (χ2n) is 3.99. The number of nitrogens with zero attached hydrogens (tertiary/aromatic N) is 2. The largest absolute Gasteiger partial charge is 0.234 e. The summed E-state index contributed by atoms with van der Waals surface area (Å²) in [5.41, 5.74) is 4.51. The molecule has 0 bridgehead atoms. The van der Waals surface area contributed by atoms with Crippen molar-refractivity contribution in [1.29, 1.82) is 5.26 Å². The lowest BCUT2D eigenvalue weighted by molar-refractivity contribution is 1.29. The van der Waals surface area contributed by atoms with Crippen LogP contribution in [0.15, 0.2) is 12.1 Å². The van der Waals surface area contributed by atoms with Crippen LogP contribution in [0.25, 0.3) is 10.9 Å². The molecular formula is C13H11ClN2. The standard InChI is InChI=1S/C13H11ClN2/c1-7-4-8(2)12-10(5-7)9(3)11(6-15)13(14)16-12/h4-5H,1-3H3. The van der Waals surface area contributed by atoms with Gasteiger partial charge in [0.05, 0.1) is 11.1 Å². The minimum atomic E-state index is 0.291. The van der Waals surface area contributed by atoms with Crippen LogP contribution in [0.3, 0.4) is 0 Å². The Labute approximate surface area is 99.5 Å². The number of nitriles is 1. The predicted molar refractivity (Wildman–Crippen MR) is 65.7 cm³/mol. The molecular weight excluding hydrogens is 220 g/mol. The van der Waals surface area contributed by atoms with E-state index in [9.17, 15) is 0 Å². The summed E-state index contributed by atoms with van der Waals surface area (Å²) in [6.45, 7) is 5.95. The van der Waals surface area contributed by atoms with Crippen molar-refractivity contribution in [3.05, 3.63) is 39.5 Å². The zero-order chi connectivity index (χ0) is 11.9. The first-order valence-corrected chi connectivity index (χ1v) is 5.39. The molecule has 1 aromatic heterocycles. The Hall–Kier alpha value is -1.59. The SMILES string of the molecule is Cc1cc(C)c2nc(Cl)c(C#N)c(C)c2c1. The van der Waals surface area contributed by atoms with E-state index in [1.165, 1.54) is 5.56 Å². The van der Waals surface area contributed by atoms with Gasteiger partial charge in [0.1, 0.15) is 11.2 Å². The molecule has 16 heavy (non-hydrogen) atoms. The lowest BCUT2D eigenvalue weighted by atomic mass is 10.0. The van der Waals surface area contributed by atoms with E-state index in [-0.39, 0.29) is 0 Å². The monoisotopic (exact) mass is 230 g/mol. The van der Waals surface area contributed by atoms with Gasteiger partial charge in [0.2, 0.25) is 0 Å². The first-order chi connectivity index (χ1) is 7.54. The number of rotatable bonds is 0. The number of hydrogen-bond acceptors (Lipinski definition) is 2. The van der Waals surface area contributed by atoms with Crippen LogP contribution in [0.4, 0.5) is 0 Å². The molecule has 0 aliphatic carbocycles. The average Bonchev–Trinajstić information content (AvgIpc) is 2.21. The van der Waals surface area contributed by atoms with Crippen LogP contribution in [0.2, 0.25) is 5.15 Å². The van der Waals surface area contributed by atoms with Gasteiger partial charge in [-0.3, -0.25) is 0 Å². The fraction of sp³-hybridized carbons (Fsp3) is 0.231. The highest BCUT2D eigenvalue weighted by molar-refractivity contribution is 6.31. The van der Waals surface area contributed by atoms with Gasteiger partial charge in [-0.15, -0.1) is 0 Å². The zero-order valence-electron chi connectivity index (χ0n) is 9.43. The second kappa shape index (κ2) is 3.77. The van der Waals surface area contributed by atoms with Gasteiger partial charge in [-0.2, -0.15) is 5.26 Å². The molecule has 0 radical (unpaired) electrons. The Morgan fingerprint density at radius 2 is 1.94 bits per heavy atom. The van der Waals surface area contributed by atoms with Crippen LogP contribution < -0.4 is 0 Å². The highest BCUT2D eigenvalue weighted by Crippen LogP contribution is 2.28. The van der Waals surface area contributed by atoms with Crippen molar-refractivity contribution < 1.29 is 0 Å². The van der Waals surface area contributed by atoms with Gasteiger partial charge < -0.3 is 0 Å². The molecule has 2 rings (SSSR count). The Kier molecular flexibility index (Phi) is 2.57. The number of pyridine rings is 1. The minimum absolute atomic E-state index is 0.291.